The van der Waals surface area contributed by atoms with Crippen molar-refractivity contribution >= 4 is 23.2 Å². The first-order valence-corrected chi connectivity index (χ1v) is 6.19. The molecule has 0 aliphatic rings. The van der Waals surface area contributed by atoms with Crippen LogP contribution >= 0.6 is 11.6 Å². The number of hydrogen-bond acceptors (Lipinski definition) is 2. The quantitative estimate of drug-likeness (QED) is 0.829. The van der Waals surface area contributed by atoms with Crippen LogP contribution in [0.3, 0.4) is 0 Å². The number of amides is 1. The highest BCUT2D eigenvalue weighted by molar-refractivity contribution is 6.31. The van der Waals surface area contributed by atoms with Crippen molar-refractivity contribution in [2.45, 2.75) is 13.8 Å². The number of phenolic OH excluding ortho intramolecular Hbond substituents is 1. The zero-order valence-corrected chi connectivity index (χ0v) is 11.7. The van der Waals surface area contributed by atoms with Crippen LogP contribution in [0.1, 0.15) is 21.6 Å². The molecule has 0 aliphatic carbocycles. The van der Waals surface area contributed by atoms with Crippen LogP contribution in [-0.4, -0.2) is 15.6 Å². The van der Waals surface area contributed by atoms with E-state index < -0.39 is 0 Å². The van der Waals surface area contributed by atoms with Crippen LogP contribution in [0.2, 0.25) is 5.02 Å². The van der Waals surface area contributed by atoms with Crippen LogP contribution in [0.5, 0.6) is 5.75 Å². The van der Waals surface area contributed by atoms with Gasteiger partial charge in [-0.3, -0.25) is 4.79 Å². The summed E-state index contributed by atoms with van der Waals surface area (Å²) < 4.78 is 1.67. The number of rotatable bonds is 2. The highest BCUT2D eigenvalue weighted by Crippen LogP contribution is 2.25. The second-order valence-corrected chi connectivity index (χ2v) is 5.00. The van der Waals surface area contributed by atoms with Gasteiger partial charge >= 0.3 is 0 Å². The van der Waals surface area contributed by atoms with Gasteiger partial charge in [0.15, 0.2) is 0 Å². The Morgan fingerprint density at radius 2 is 1.95 bits per heavy atom. The largest absolute Gasteiger partial charge is 0.508 e. The molecule has 2 N–H and O–H groups in total. The molecule has 0 fully saturated rings. The summed E-state index contributed by atoms with van der Waals surface area (Å²) in [5.74, 6) is -0.0139. The Balaban J connectivity index is 2.29. The lowest BCUT2D eigenvalue weighted by Gasteiger charge is -2.11. The number of aromatic nitrogens is 1. The molecule has 4 nitrogen and oxygen atoms in total. The molecule has 0 spiro atoms. The van der Waals surface area contributed by atoms with E-state index in [0.717, 1.165) is 5.56 Å². The lowest BCUT2D eigenvalue weighted by Crippen LogP contribution is -2.16. The molecule has 19 heavy (non-hydrogen) atoms. The lowest BCUT2D eigenvalue weighted by atomic mass is 10.1. The molecule has 0 unspecified atom stereocenters. The zero-order chi connectivity index (χ0) is 14.2. The Labute approximate surface area is 116 Å². The summed E-state index contributed by atoms with van der Waals surface area (Å²) in [6, 6.07) is 4.98. The van der Waals surface area contributed by atoms with Crippen molar-refractivity contribution in [1.82, 2.24) is 4.57 Å². The number of carbonyl (C=O) groups is 1. The molecule has 0 saturated heterocycles. The highest BCUT2D eigenvalue weighted by atomic mass is 35.5. The summed E-state index contributed by atoms with van der Waals surface area (Å²) >= 11 is 5.86. The minimum absolute atomic E-state index is 0.220. The molecule has 0 saturated carbocycles. The van der Waals surface area contributed by atoms with Gasteiger partial charge in [0.05, 0.1) is 5.02 Å². The zero-order valence-electron chi connectivity index (χ0n) is 11.0. The van der Waals surface area contributed by atoms with Crippen molar-refractivity contribution < 1.29 is 9.90 Å². The monoisotopic (exact) mass is 278 g/mol. The Morgan fingerprint density at radius 1 is 1.26 bits per heavy atom. The van der Waals surface area contributed by atoms with Gasteiger partial charge in [0.2, 0.25) is 0 Å². The second kappa shape index (κ2) is 4.97. The van der Waals surface area contributed by atoms with Gasteiger partial charge in [0.1, 0.15) is 11.4 Å². The topological polar surface area (TPSA) is 54.3 Å². The first-order valence-electron chi connectivity index (χ1n) is 5.82. The molecule has 0 atom stereocenters. The fourth-order valence-electron chi connectivity index (χ4n) is 1.87. The molecule has 1 amide bonds. The Bertz CT molecular complexity index is 647. The van der Waals surface area contributed by atoms with Crippen LogP contribution in [0.4, 0.5) is 5.69 Å². The predicted octanol–water partition coefficient (Wildman–Crippen LogP) is 3.25. The molecule has 0 radical (unpaired) electrons. The summed E-state index contributed by atoms with van der Waals surface area (Å²) in [6.07, 6.45) is 1.67. The van der Waals surface area contributed by atoms with E-state index >= 15 is 0 Å². The summed E-state index contributed by atoms with van der Waals surface area (Å²) in [6.45, 7) is 3.61. The SMILES string of the molecule is Cc1cc(NC(=O)c2cc(Cl)cn2C)c(C)cc1O. The van der Waals surface area contributed by atoms with E-state index in [4.69, 9.17) is 11.6 Å². The van der Waals surface area contributed by atoms with E-state index in [9.17, 15) is 9.90 Å². The Morgan fingerprint density at radius 3 is 2.53 bits per heavy atom. The molecular weight excluding hydrogens is 264 g/mol. The maximum absolute atomic E-state index is 12.1. The predicted molar refractivity (Wildman–Crippen MR) is 76.0 cm³/mol. The summed E-state index contributed by atoms with van der Waals surface area (Å²) in [5.41, 5.74) is 2.68. The summed E-state index contributed by atoms with van der Waals surface area (Å²) in [5, 5.41) is 12.9. The third kappa shape index (κ3) is 2.74. The van der Waals surface area contributed by atoms with Crippen molar-refractivity contribution in [3.63, 3.8) is 0 Å². The number of phenols is 1. The standard InChI is InChI=1S/C14H15ClN2O2/c1-8-5-13(18)9(2)4-11(8)16-14(19)12-6-10(15)7-17(12)3/h4-7,18H,1-3H3,(H,16,19). The second-order valence-electron chi connectivity index (χ2n) is 4.56. The molecule has 1 heterocycles. The number of nitrogens with zero attached hydrogens (tertiary/aromatic N) is 1. The van der Waals surface area contributed by atoms with Crippen molar-refractivity contribution in [3.05, 3.63) is 46.2 Å². The fourth-order valence-corrected chi connectivity index (χ4v) is 2.12. The van der Waals surface area contributed by atoms with E-state index in [1.54, 1.807) is 42.9 Å². The van der Waals surface area contributed by atoms with Crippen molar-refractivity contribution in [2.75, 3.05) is 5.32 Å². The van der Waals surface area contributed by atoms with Gasteiger partial charge in [-0.2, -0.15) is 0 Å². The van der Waals surface area contributed by atoms with Crippen LogP contribution < -0.4 is 5.32 Å². The molecule has 5 heteroatoms. The third-order valence-corrected chi connectivity index (χ3v) is 3.20. The molecule has 2 aromatic rings. The summed E-state index contributed by atoms with van der Waals surface area (Å²) in [7, 11) is 1.76. The molecule has 100 valence electrons. The molecule has 1 aromatic heterocycles. The van der Waals surface area contributed by atoms with E-state index in [1.165, 1.54) is 0 Å². The molecule has 2 rings (SSSR count). The van der Waals surface area contributed by atoms with E-state index in [0.29, 0.717) is 22.0 Å². The van der Waals surface area contributed by atoms with Gasteiger partial charge < -0.3 is 15.0 Å². The van der Waals surface area contributed by atoms with Crippen molar-refractivity contribution in [1.29, 1.82) is 0 Å². The van der Waals surface area contributed by atoms with Crippen LogP contribution in [0.25, 0.3) is 0 Å². The van der Waals surface area contributed by atoms with Crippen LogP contribution in [-0.2, 0) is 7.05 Å². The molecule has 0 bridgehead atoms. The maximum atomic E-state index is 12.1. The number of halogens is 1. The smallest absolute Gasteiger partial charge is 0.272 e. The van der Waals surface area contributed by atoms with Crippen molar-refractivity contribution in [2.24, 2.45) is 7.05 Å². The number of aryl methyl sites for hydroxylation is 3. The third-order valence-electron chi connectivity index (χ3n) is 3.00. The van der Waals surface area contributed by atoms with Gasteiger partial charge in [0, 0.05) is 18.9 Å². The lowest BCUT2D eigenvalue weighted by molar-refractivity contribution is 0.101. The Hall–Kier alpha value is -1.94. The van der Waals surface area contributed by atoms with E-state index in [2.05, 4.69) is 5.32 Å². The molecule has 1 aromatic carbocycles. The number of aromatic hydroxyl groups is 1. The van der Waals surface area contributed by atoms with E-state index in [-0.39, 0.29) is 11.7 Å². The first kappa shape index (κ1) is 13.5. The van der Waals surface area contributed by atoms with E-state index in [1.807, 2.05) is 6.92 Å². The minimum atomic E-state index is -0.234. The first-order chi connectivity index (χ1) is 8.88. The molecule has 0 aliphatic heterocycles. The van der Waals surface area contributed by atoms with Gasteiger partial charge in [0.25, 0.3) is 5.91 Å². The van der Waals surface area contributed by atoms with Gasteiger partial charge in [-0.15, -0.1) is 0 Å². The van der Waals surface area contributed by atoms with Crippen molar-refractivity contribution in [3.8, 4) is 5.75 Å². The van der Waals surface area contributed by atoms with Gasteiger partial charge in [-0.25, -0.2) is 0 Å². The molecular formula is C14H15ClN2O2. The number of hydrogen-bond donors (Lipinski definition) is 2. The Kier molecular flexibility index (Phi) is 3.53. The maximum Gasteiger partial charge on any atom is 0.272 e. The highest BCUT2D eigenvalue weighted by Gasteiger charge is 2.13. The van der Waals surface area contributed by atoms with Gasteiger partial charge in [-0.05, 0) is 43.2 Å². The average molecular weight is 279 g/mol. The number of benzene rings is 1. The van der Waals surface area contributed by atoms with Crippen LogP contribution in [0.15, 0.2) is 24.4 Å². The number of anilines is 1. The number of nitrogens with one attached hydrogen (secondary N) is 1. The number of carbonyl (C=O) groups excluding carboxylic acids is 1. The summed E-state index contributed by atoms with van der Waals surface area (Å²) in [4.78, 5) is 12.1. The minimum Gasteiger partial charge on any atom is -0.508 e. The normalized spacial score (nSPS) is 10.5. The van der Waals surface area contributed by atoms with Crippen LogP contribution in [0, 0.1) is 13.8 Å². The van der Waals surface area contributed by atoms with Gasteiger partial charge in [-0.1, -0.05) is 11.6 Å². The fraction of sp³-hybridized carbons (Fsp3) is 0.214. The average Bonchev–Trinajstić information content (AvgIpc) is 2.65.